The second-order valence-corrected chi connectivity index (χ2v) is 8.48. The molecule has 2 aliphatic heterocycles. The fourth-order valence-corrected chi connectivity index (χ4v) is 4.84. The Labute approximate surface area is 128 Å². The zero-order valence-corrected chi connectivity index (χ0v) is 13.9. The number of rotatable bonds is 4. The van der Waals surface area contributed by atoms with Crippen LogP contribution in [0.2, 0.25) is 0 Å². The second kappa shape index (κ2) is 6.70. The molecule has 19 heavy (non-hydrogen) atoms. The molecule has 2 aliphatic rings. The monoisotopic (exact) mass is 342 g/mol. The predicted octanol–water partition coefficient (Wildman–Crippen LogP) is 3.82. The van der Waals surface area contributed by atoms with E-state index in [2.05, 4.69) is 37.9 Å². The molecule has 1 aromatic heterocycles. The van der Waals surface area contributed by atoms with E-state index in [1.165, 1.54) is 67.1 Å². The Kier molecular flexibility index (Phi) is 4.96. The summed E-state index contributed by atoms with van der Waals surface area (Å²) in [6.45, 7) is 7.78. The first-order valence-electron chi connectivity index (χ1n) is 7.48. The van der Waals surface area contributed by atoms with E-state index in [-0.39, 0.29) is 0 Å². The highest BCUT2D eigenvalue weighted by Gasteiger charge is 2.22. The summed E-state index contributed by atoms with van der Waals surface area (Å²) < 4.78 is 1.26. The molecule has 0 aliphatic carbocycles. The number of halogens is 1. The van der Waals surface area contributed by atoms with Gasteiger partial charge < -0.3 is 4.90 Å². The van der Waals surface area contributed by atoms with Crippen LogP contribution in [0.4, 0.5) is 0 Å². The first-order chi connectivity index (χ1) is 9.29. The topological polar surface area (TPSA) is 6.48 Å². The molecule has 0 bridgehead atoms. The zero-order valence-electron chi connectivity index (χ0n) is 11.5. The van der Waals surface area contributed by atoms with Crippen molar-refractivity contribution in [1.82, 2.24) is 9.80 Å². The number of nitrogens with zero attached hydrogens (tertiary/aromatic N) is 2. The van der Waals surface area contributed by atoms with Gasteiger partial charge in [0.05, 0.1) is 3.79 Å². The quantitative estimate of drug-likeness (QED) is 0.820. The fraction of sp³-hybridized carbons (Fsp3) is 0.733. The van der Waals surface area contributed by atoms with Gasteiger partial charge in [-0.1, -0.05) is 0 Å². The van der Waals surface area contributed by atoms with E-state index in [0.29, 0.717) is 0 Å². The van der Waals surface area contributed by atoms with Crippen molar-refractivity contribution in [3.63, 3.8) is 0 Å². The largest absolute Gasteiger partial charge is 0.303 e. The van der Waals surface area contributed by atoms with Gasteiger partial charge in [0.2, 0.25) is 0 Å². The minimum Gasteiger partial charge on any atom is -0.303 e. The normalized spacial score (nSPS) is 23.2. The van der Waals surface area contributed by atoms with Gasteiger partial charge in [0.1, 0.15) is 0 Å². The Morgan fingerprint density at radius 2 is 1.79 bits per heavy atom. The molecule has 0 spiro atoms. The van der Waals surface area contributed by atoms with E-state index in [1.807, 2.05) is 11.3 Å². The minimum absolute atomic E-state index is 0.949. The van der Waals surface area contributed by atoms with Crippen LogP contribution in [0.1, 0.15) is 30.6 Å². The molecule has 0 unspecified atom stereocenters. The fourth-order valence-electron chi connectivity index (χ4n) is 3.31. The van der Waals surface area contributed by atoms with Crippen molar-refractivity contribution in [2.24, 2.45) is 5.92 Å². The molecule has 3 heterocycles. The molecule has 0 N–H and O–H groups in total. The van der Waals surface area contributed by atoms with Crippen LogP contribution >= 0.6 is 27.3 Å². The minimum atomic E-state index is 0.949. The average Bonchev–Trinajstić information content (AvgIpc) is 3.04. The van der Waals surface area contributed by atoms with Crippen molar-refractivity contribution in [2.75, 3.05) is 32.7 Å². The van der Waals surface area contributed by atoms with Gasteiger partial charge in [0.25, 0.3) is 0 Å². The van der Waals surface area contributed by atoms with Crippen molar-refractivity contribution < 1.29 is 0 Å². The summed E-state index contributed by atoms with van der Waals surface area (Å²) in [7, 11) is 0. The molecule has 3 rings (SSSR count). The molecule has 0 aromatic carbocycles. The Morgan fingerprint density at radius 1 is 1.05 bits per heavy atom. The van der Waals surface area contributed by atoms with Crippen molar-refractivity contribution in [2.45, 2.75) is 32.2 Å². The summed E-state index contributed by atoms with van der Waals surface area (Å²) in [6, 6.07) is 4.42. The van der Waals surface area contributed by atoms with E-state index in [0.717, 1.165) is 12.5 Å². The van der Waals surface area contributed by atoms with Crippen LogP contribution in [0.25, 0.3) is 0 Å². The summed E-state index contributed by atoms with van der Waals surface area (Å²) in [6.07, 6.45) is 5.63. The lowest BCUT2D eigenvalue weighted by Crippen LogP contribution is -2.37. The predicted molar refractivity (Wildman–Crippen MR) is 85.7 cm³/mol. The Balaban J connectivity index is 1.41. The first-order valence-corrected chi connectivity index (χ1v) is 9.09. The van der Waals surface area contributed by atoms with Crippen LogP contribution in [-0.4, -0.2) is 42.5 Å². The van der Waals surface area contributed by atoms with Crippen LogP contribution < -0.4 is 0 Å². The molecule has 1 aromatic rings. The molecule has 0 saturated carbocycles. The highest BCUT2D eigenvalue weighted by molar-refractivity contribution is 9.11. The number of piperidine rings is 1. The van der Waals surface area contributed by atoms with E-state index >= 15 is 0 Å². The maximum absolute atomic E-state index is 3.55. The lowest BCUT2D eigenvalue weighted by molar-refractivity contribution is 0.150. The van der Waals surface area contributed by atoms with Crippen molar-refractivity contribution in [3.05, 3.63) is 20.8 Å². The molecule has 0 radical (unpaired) electrons. The standard InChI is InChI=1S/C15H23BrN2S/c16-15-4-3-14(19-15)12-18-9-5-13(6-10-18)11-17-7-1-2-8-17/h3-4,13H,1-2,5-12H2. The van der Waals surface area contributed by atoms with E-state index in [4.69, 9.17) is 0 Å². The molecule has 2 nitrogen and oxygen atoms in total. The van der Waals surface area contributed by atoms with Crippen LogP contribution in [0.15, 0.2) is 15.9 Å². The van der Waals surface area contributed by atoms with E-state index in [1.54, 1.807) is 0 Å². The third-order valence-corrected chi connectivity index (χ3v) is 6.04. The molecule has 4 heteroatoms. The lowest BCUT2D eigenvalue weighted by atomic mass is 9.96. The Morgan fingerprint density at radius 3 is 2.42 bits per heavy atom. The highest BCUT2D eigenvalue weighted by atomic mass is 79.9. The van der Waals surface area contributed by atoms with Crippen molar-refractivity contribution in [1.29, 1.82) is 0 Å². The van der Waals surface area contributed by atoms with Gasteiger partial charge in [0.15, 0.2) is 0 Å². The van der Waals surface area contributed by atoms with Gasteiger partial charge >= 0.3 is 0 Å². The molecule has 0 atom stereocenters. The van der Waals surface area contributed by atoms with Crippen LogP contribution in [0.5, 0.6) is 0 Å². The van der Waals surface area contributed by atoms with Gasteiger partial charge in [-0.2, -0.15) is 0 Å². The summed E-state index contributed by atoms with van der Waals surface area (Å²) in [4.78, 5) is 6.79. The third-order valence-electron chi connectivity index (χ3n) is 4.43. The summed E-state index contributed by atoms with van der Waals surface area (Å²) in [5.74, 6) is 0.949. The van der Waals surface area contributed by atoms with Gasteiger partial charge in [-0.15, -0.1) is 11.3 Å². The van der Waals surface area contributed by atoms with Gasteiger partial charge in [-0.05, 0) is 85.8 Å². The van der Waals surface area contributed by atoms with Crippen LogP contribution in [0, 0.1) is 5.92 Å². The molecular formula is C15H23BrN2S. The van der Waals surface area contributed by atoms with E-state index in [9.17, 15) is 0 Å². The number of thiophene rings is 1. The maximum atomic E-state index is 3.55. The smallest absolute Gasteiger partial charge is 0.0701 e. The molecule has 2 fully saturated rings. The van der Waals surface area contributed by atoms with Crippen molar-refractivity contribution in [3.8, 4) is 0 Å². The number of likely N-dealkylation sites (tertiary alicyclic amines) is 2. The first kappa shape index (κ1) is 14.1. The maximum Gasteiger partial charge on any atom is 0.0701 e. The molecule has 106 valence electrons. The summed E-state index contributed by atoms with van der Waals surface area (Å²) in [5.41, 5.74) is 0. The van der Waals surface area contributed by atoms with Crippen LogP contribution in [0.3, 0.4) is 0 Å². The second-order valence-electron chi connectivity index (χ2n) is 5.93. The van der Waals surface area contributed by atoms with Gasteiger partial charge in [0, 0.05) is 18.0 Å². The lowest BCUT2D eigenvalue weighted by Gasteiger charge is -2.33. The third kappa shape index (κ3) is 4.03. The number of hydrogen-bond donors (Lipinski definition) is 0. The zero-order chi connectivity index (χ0) is 13.1. The highest BCUT2D eigenvalue weighted by Crippen LogP contribution is 2.26. The van der Waals surface area contributed by atoms with Crippen molar-refractivity contribution >= 4 is 27.3 Å². The Bertz CT molecular complexity index is 393. The van der Waals surface area contributed by atoms with Gasteiger partial charge in [-0.3, -0.25) is 4.90 Å². The van der Waals surface area contributed by atoms with E-state index < -0.39 is 0 Å². The molecule has 0 amide bonds. The summed E-state index contributed by atoms with van der Waals surface area (Å²) >= 11 is 5.42. The number of hydrogen-bond acceptors (Lipinski definition) is 3. The van der Waals surface area contributed by atoms with Gasteiger partial charge in [-0.25, -0.2) is 0 Å². The molecular weight excluding hydrogens is 320 g/mol. The Hall–Kier alpha value is 0.1000. The summed E-state index contributed by atoms with van der Waals surface area (Å²) in [5, 5.41) is 0. The van der Waals surface area contributed by atoms with Crippen LogP contribution in [-0.2, 0) is 6.54 Å². The molecule has 2 saturated heterocycles. The average molecular weight is 343 g/mol. The SMILES string of the molecule is Brc1ccc(CN2CCC(CN3CCCC3)CC2)s1.